The Kier molecular flexibility index (Phi) is 3.78. The van der Waals surface area contributed by atoms with E-state index in [1.807, 2.05) is 0 Å². The van der Waals surface area contributed by atoms with Gasteiger partial charge in [-0.1, -0.05) is 37.1 Å². The first kappa shape index (κ1) is 13.9. The Morgan fingerprint density at radius 3 is 2.57 bits per heavy atom. The average Bonchev–Trinajstić information content (AvgIpc) is 3.03. The Balaban J connectivity index is 1.79. The first-order valence-electron chi connectivity index (χ1n) is 7.55. The molecule has 21 heavy (non-hydrogen) atoms. The molecular weight excluding hydrogens is 262 g/mol. The molecule has 0 aliphatic heterocycles. The van der Waals surface area contributed by atoms with Gasteiger partial charge in [0.15, 0.2) is 0 Å². The van der Waals surface area contributed by atoms with E-state index in [-0.39, 0.29) is 5.56 Å². The number of nitrogens with zero attached hydrogens (tertiary/aromatic N) is 2. The molecule has 1 aromatic carbocycles. The standard InChI is InChI=1S/C17H21N3O/c1-12-16(18)19-11-20(17(12)21)10-13-6-8-15(9-7-13)14-4-2-3-5-14/h6-9,11,14H,2-5,10,18H2,1H3. The summed E-state index contributed by atoms with van der Waals surface area (Å²) >= 11 is 0. The van der Waals surface area contributed by atoms with Crippen molar-refractivity contribution in [3.05, 3.63) is 57.6 Å². The third-order valence-electron chi connectivity index (χ3n) is 4.46. The summed E-state index contributed by atoms with van der Waals surface area (Å²) in [6, 6.07) is 8.64. The minimum absolute atomic E-state index is 0.0673. The average molecular weight is 283 g/mol. The molecule has 0 unspecified atom stereocenters. The number of nitrogen functional groups attached to an aromatic ring is 1. The van der Waals surface area contributed by atoms with Crippen molar-refractivity contribution in [3.8, 4) is 0 Å². The van der Waals surface area contributed by atoms with Crippen molar-refractivity contribution >= 4 is 5.82 Å². The van der Waals surface area contributed by atoms with E-state index < -0.39 is 0 Å². The summed E-state index contributed by atoms with van der Waals surface area (Å²) in [7, 11) is 0. The van der Waals surface area contributed by atoms with Crippen molar-refractivity contribution in [2.45, 2.75) is 45.1 Å². The van der Waals surface area contributed by atoms with E-state index >= 15 is 0 Å². The third-order valence-corrected chi connectivity index (χ3v) is 4.46. The van der Waals surface area contributed by atoms with E-state index in [4.69, 9.17) is 5.73 Å². The van der Waals surface area contributed by atoms with Crippen LogP contribution in [0.25, 0.3) is 0 Å². The van der Waals surface area contributed by atoms with Gasteiger partial charge in [0, 0.05) is 0 Å². The quantitative estimate of drug-likeness (QED) is 0.942. The number of anilines is 1. The SMILES string of the molecule is Cc1c(N)ncn(Cc2ccc(C3CCCC3)cc2)c1=O. The van der Waals surface area contributed by atoms with Gasteiger partial charge >= 0.3 is 0 Å². The summed E-state index contributed by atoms with van der Waals surface area (Å²) in [4.78, 5) is 16.2. The van der Waals surface area contributed by atoms with E-state index in [9.17, 15) is 4.79 Å². The van der Waals surface area contributed by atoms with Crippen LogP contribution in [0.15, 0.2) is 35.4 Å². The normalized spacial score (nSPS) is 15.5. The summed E-state index contributed by atoms with van der Waals surface area (Å²) in [5.74, 6) is 1.04. The van der Waals surface area contributed by atoms with Gasteiger partial charge in [-0.15, -0.1) is 0 Å². The first-order chi connectivity index (χ1) is 10.1. The smallest absolute Gasteiger partial charge is 0.258 e. The molecule has 1 heterocycles. The Morgan fingerprint density at radius 1 is 1.24 bits per heavy atom. The number of nitrogens with two attached hydrogens (primary N) is 1. The number of benzene rings is 1. The first-order valence-corrected chi connectivity index (χ1v) is 7.55. The lowest BCUT2D eigenvalue weighted by molar-refractivity contribution is 0.715. The fourth-order valence-corrected chi connectivity index (χ4v) is 3.07. The van der Waals surface area contributed by atoms with Crippen molar-refractivity contribution in [3.63, 3.8) is 0 Å². The molecule has 1 fully saturated rings. The van der Waals surface area contributed by atoms with Gasteiger partial charge in [0.2, 0.25) is 0 Å². The fraction of sp³-hybridized carbons (Fsp3) is 0.412. The second kappa shape index (κ2) is 5.72. The second-order valence-corrected chi connectivity index (χ2v) is 5.91. The number of aromatic nitrogens is 2. The molecule has 0 atom stereocenters. The molecule has 110 valence electrons. The van der Waals surface area contributed by atoms with E-state index in [0.29, 0.717) is 17.9 Å². The maximum Gasteiger partial charge on any atom is 0.258 e. The summed E-state index contributed by atoms with van der Waals surface area (Å²) < 4.78 is 1.61. The molecule has 1 aliphatic rings. The Labute approximate surface area is 124 Å². The molecule has 0 amide bonds. The summed E-state index contributed by atoms with van der Waals surface area (Å²) in [5, 5.41) is 0. The maximum atomic E-state index is 12.1. The lowest BCUT2D eigenvalue weighted by Crippen LogP contribution is -2.24. The van der Waals surface area contributed by atoms with Gasteiger partial charge in [0.25, 0.3) is 5.56 Å². The van der Waals surface area contributed by atoms with Crippen molar-refractivity contribution in [2.75, 3.05) is 5.73 Å². The summed E-state index contributed by atoms with van der Waals surface area (Å²) in [5.41, 5.74) is 8.64. The van der Waals surface area contributed by atoms with Crippen LogP contribution in [0.1, 0.15) is 48.3 Å². The molecule has 1 aromatic heterocycles. The molecule has 1 aliphatic carbocycles. The van der Waals surface area contributed by atoms with Crippen LogP contribution in [-0.4, -0.2) is 9.55 Å². The van der Waals surface area contributed by atoms with Crippen LogP contribution < -0.4 is 11.3 Å². The predicted octanol–water partition coefficient (Wildman–Crippen LogP) is 2.84. The Hall–Kier alpha value is -2.10. The van der Waals surface area contributed by atoms with E-state index in [1.54, 1.807) is 11.5 Å². The highest BCUT2D eigenvalue weighted by atomic mass is 16.1. The minimum atomic E-state index is -0.0673. The monoisotopic (exact) mass is 283 g/mol. The van der Waals surface area contributed by atoms with Crippen LogP contribution in [0.4, 0.5) is 5.82 Å². The molecule has 3 rings (SSSR count). The largest absolute Gasteiger partial charge is 0.383 e. The van der Waals surface area contributed by atoms with Crippen molar-refractivity contribution in [1.82, 2.24) is 9.55 Å². The molecule has 1 saturated carbocycles. The van der Waals surface area contributed by atoms with Gasteiger partial charge in [0.05, 0.1) is 12.1 Å². The number of hydrogen-bond donors (Lipinski definition) is 1. The van der Waals surface area contributed by atoms with Gasteiger partial charge < -0.3 is 5.73 Å². The topological polar surface area (TPSA) is 60.9 Å². The van der Waals surface area contributed by atoms with Gasteiger partial charge in [-0.2, -0.15) is 0 Å². The summed E-state index contributed by atoms with van der Waals surface area (Å²) in [6.07, 6.45) is 6.83. The Bertz CT molecular complexity index is 682. The van der Waals surface area contributed by atoms with Crippen LogP contribution >= 0.6 is 0 Å². The zero-order chi connectivity index (χ0) is 14.8. The van der Waals surface area contributed by atoms with Crippen LogP contribution in [0.2, 0.25) is 0 Å². The minimum Gasteiger partial charge on any atom is -0.383 e. The van der Waals surface area contributed by atoms with Crippen LogP contribution in [0, 0.1) is 6.92 Å². The van der Waals surface area contributed by atoms with Crippen molar-refractivity contribution in [1.29, 1.82) is 0 Å². The van der Waals surface area contributed by atoms with Crippen molar-refractivity contribution in [2.24, 2.45) is 0 Å². The van der Waals surface area contributed by atoms with Crippen LogP contribution in [-0.2, 0) is 6.54 Å². The molecule has 0 saturated heterocycles. The lowest BCUT2D eigenvalue weighted by Gasteiger charge is -2.11. The van der Waals surface area contributed by atoms with Crippen LogP contribution in [0.5, 0.6) is 0 Å². The van der Waals surface area contributed by atoms with Gasteiger partial charge in [0.1, 0.15) is 12.1 Å². The second-order valence-electron chi connectivity index (χ2n) is 5.91. The van der Waals surface area contributed by atoms with Crippen LogP contribution in [0.3, 0.4) is 0 Å². The zero-order valence-electron chi connectivity index (χ0n) is 12.4. The number of rotatable bonds is 3. The molecule has 0 spiro atoms. The van der Waals surface area contributed by atoms with Gasteiger partial charge in [-0.05, 0) is 36.8 Å². The lowest BCUT2D eigenvalue weighted by atomic mass is 9.97. The number of hydrogen-bond acceptors (Lipinski definition) is 3. The molecular formula is C17H21N3O. The zero-order valence-corrected chi connectivity index (χ0v) is 12.4. The van der Waals surface area contributed by atoms with Gasteiger partial charge in [-0.3, -0.25) is 9.36 Å². The third kappa shape index (κ3) is 2.84. The molecule has 4 nitrogen and oxygen atoms in total. The molecule has 2 N–H and O–H groups in total. The predicted molar refractivity (Wildman–Crippen MR) is 84.4 cm³/mol. The highest BCUT2D eigenvalue weighted by Crippen LogP contribution is 2.33. The Morgan fingerprint density at radius 2 is 1.90 bits per heavy atom. The van der Waals surface area contributed by atoms with E-state index in [1.165, 1.54) is 37.6 Å². The molecule has 0 radical (unpaired) electrons. The molecule has 0 bridgehead atoms. The van der Waals surface area contributed by atoms with E-state index in [0.717, 1.165) is 11.5 Å². The summed E-state index contributed by atoms with van der Waals surface area (Å²) in [6.45, 7) is 2.25. The van der Waals surface area contributed by atoms with Crippen molar-refractivity contribution < 1.29 is 0 Å². The fourth-order valence-electron chi connectivity index (χ4n) is 3.07. The molecule has 4 heteroatoms. The maximum absolute atomic E-state index is 12.1. The van der Waals surface area contributed by atoms with Gasteiger partial charge in [-0.25, -0.2) is 4.98 Å². The highest BCUT2D eigenvalue weighted by molar-refractivity contribution is 5.35. The molecule has 2 aromatic rings. The highest BCUT2D eigenvalue weighted by Gasteiger charge is 2.16. The van der Waals surface area contributed by atoms with E-state index in [2.05, 4.69) is 29.2 Å².